The van der Waals surface area contributed by atoms with Gasteiger partial charge in [0.2, 0.25) is 0 Å². The Balaban J connectivity index is 2.74. The lowest BCUT2D eigenvalue weighted by molar-refractivity contribution is -0.136. The summed E-state index contributed by atoms with van der Waals surface area (Å²) in [6, 6.07) is 4.35. The summed E-state index contributed by atoms with van der Waals surface area (Å²) < 4.78 is 15.4. The molecule has 0 fully saturated rings. The van der Waals surface area contributed by atoms with Crippen molar-refractivity contribution in [3.8, 4) is 0 Å². The van der Waals surface area contributed by atoms with Crippen LogP contribution in [0.5, 0.6) is 0 Å². The Kier molecular flexibility index (Phi) is 3.38. The second kappa shape index (κ2) is 4.84. The van der Waals surface area contributed by atoms with Crippen molar-refractivity contribution in [3.05, 3.63) is 45.5 Å². The van der Waals surface area contributed by atoms with Gasteiger partial charge >= 0.3 is 5.97 Å². The Morgan fingerprint density at radius 2 is 2.11 bits per heavy atom. The number of pyridine rings is 1. The van der Waals surface area contributed by atoms with Gasteiger partial charge in [0.1, 0.15) is 5.82 Å². The fourth-order valence-electron chi connectivity index (χ4n) is 2.26. The molecule has 0 aliphatic carbocycles. The number of aliphatic carboxylic acids is 1. The highest BCUT2D eigenvalue weighted by Crippen LogP contribution is 2.18. The molecular formula is C14H14FNO3. The monoisotopic (exact) mass is 263 g/mol. The predicted molar refractivity (Wildman–Crippen MR) is 69.8 cm³/mol. The van der Waals surface area contributed by atoms with Gasteiger partial charge in [0.05, 0.1) is 5.52 Å². The van der Waals surface area contributed by atoms with Crippen LogP contribution in [-0.2, 0) is 18.3 Å². The minimum absolute atomic E-state index is 0.114. The molecule has 2 rings (SSSR count). The third kappa shape index (κ3) is 2.23. The van der Waals surface area contributed by atoms with Crippen molar-refractivity contribution < 1.29 is 14.3 Å². The van der Waals surface area contributed by atoms with Crippen molar-refractivity contribution in [1.82, 2.24) is 4.57 Å². The predicted octanol–water partition coefficient (Wildman–Crippen LogP) is 2.00. The van der Waals surface area contributed by atoms with Crippen molar-refractivity contribution in [2.24, 2.45) is 7.05 Å². The van der Waals surface area contributed by atoms with Gasteiger partial charge in [0.25, 0.3) is 0 Å². The van der Waals surface area contributed by atoms with Gasteiger partial charge < -0.3 is 9.67 Å². The summed E-state index contributed by atoms with van der Waals surface area (Å²) in [5.74, 6) is -1.41. The van der Waals surface area contributed by atoms with E-state index in [0.717, 1.165) is 0 Å². The van der Waals surface area contributed by atoms with E-state index >= 15 is 0 Å². The Morgan fingerprint density at radius 3 is 2.74 bits per heavy atom. The zero-order chi connectivity index (χ0) is 14.2. The van der Waals surface area contributed by atoms with Crippen molar-refractivity contribution in [3.63, 3.8) is 0 Å². The number of hydrogen-bond donors (Lipinski definition) is 1. The van der Waals surface area contributed by atoms with Gasteiger partial charge in [-0.2, -0.15) is 0 Å². The third-order valence-electron chi connectivity index (χ3n) is 3.37. The van der Waals surface area contributed by atoms with Crippen LogP contribution in [-0.4, -0.2) is 15.6 Å². The molecule has 0 aliphatic rings. The van der Waals surface area contributed by atoms with Gasteiger partial charge in [-0.05, 0) is 25.5 Å². The number of halogens is 1. The molecule has 100 valence electrons. The molecule has 1 aromatic carbocycles. The van der Waals surface area contributed by atoms with Crippen molar-refractivity contribution in [2.75, 3.05) is 0 Å². The second-order valence-electron chi connectivity index (χ2n) is 4.48. The van der Waals surface area contributed by atoms with Crippen molar-refractivity contribution in [2.45, 2.75) is 19.8 Å². The van der Waals surface area contributed by atoms with E-state index in [9.17, 15) is 14.0 Å². The number of carbonyl (C=O) groups is 1. The van der Waals surface area contributed by atoms with Gasteiger partial charge in [-0.15, -0.1) is 0 Å². The van der Waals surface area contributed by atoms with Crippen LogP contribution in [0.15, 0.2) is 23.0 Å². The number of para-hydroxylation sites is 1. The molecule has 1 aromatic heterocycles. The van der Waals surface area contributed by atoms with E-state index < -0.39 is 11.8 Å². The number of fused-ring (bicyclic) bond motifs is 1. The zero-order valence-corrected chi connectivity index (χ0v) is 10.7. The molecule has 0 radical (unpaired) electrons. The molecule has 0 saturated heterocycles. The summed E-state index contributed by atoms with van der Waals surface area (Å²) in [5.41, 5.74) is 1.00. The molecule has 0 unspecified atom stereocenters. The average molecular weight is 263 g/mol. The van der Waals surface area contributed by atoms with Crippen LogP contribution in [0.1, 0.15) is 17.7 Å². The highest BCUT2D eigenvalue weighted by atomic mass is 19.1. The minimum Gasteiger partial charge on any atom is -0.481 e. The summed E-state index contributed by atoms with van der Waals surface area (Å²) in [5, 5.41) is 9.00. The first kappa shape index (κ1) is 13.3. The van der Waals surface area contributed by atoms with Crippen molar-refractivity contribution >= 4 is 16.9 Å². The maximum atomic E-state index is 13.8. The summed E-state index contributed by atoms with van der Waals surface area (Å²) in [4.78, 5) is 22.9. The first-order valence-corrected chi connectivity index (χ1v) is 5.92. The molecule has 0 atom stereocenters. The Morgan fingerprint density at radius 1 is 1.42 bits per heavy atom. The molecule has 2 aromatic rings. The van der Waals surface area contributed by atoms with E-state index in [1.807, 2.05) is 0 Å². The first-order chi connectivity index (χ1) is 8.93. The molecule has 0 bridgehead atoms. The highest BCUT2D eigenvalue weighted by Gasteiger charge is 2.15. The summed E-state index contributed by atoms with van der Waals surface area (Å²) in [6.45, 7) is 1.70. The van der Waals surface area contributed by atoms with Gasteiger partial charge in [-0.25, -0.2) is 4.39 Å². The summed E-state index contributed by atoms with van der Waals surface area (Å²) in [7, 11) is 1.67. The van der Waals surface area contributed by atoms with E-state index in [-0.39, 0.29) is 29.2 Å². The lowest BCUT2D eigenvalue weighted by Crippen LogP contribution is -2.19. The fourth-order valence-corrected chi connectivity index (χ4v) is 2.26. The SMILES string of the molecule is Cc1c(CCC(=O)O)c(=O)c2cccc(F)c2n1C. The van der Waals surface area contributed by atoms with Crippen molar-refractivity contribution in [1.29, 1.82) is 0 Å². The molecule has 0 saturated carbocycles. The standard InChI is InChI=1S/C14H14FNO3/c1-8-9(6-7-12(17)18)14(19)10-4-3-5-11(15)13(10)16(8)2/h3-5H,6-7H2,1-2H3,(H,17,18). The number of carboxylic acid groups (broad SMARTS) is 1. The number of aromatic nitrogens is 1. The first-order valence-electron chi connectivity index (χ1n) is 5.92. The molecule has 5 heteroatoms. The van der Waals surface area contributed by atoms with E-state index in [0.29, 0.717) is 11.3 Å². The number of benzene rings is 1. The molecule has 0 amide bonds. The van der Waals surface area contributed by atoms with E-state index in [1.54, 1.807) is 24.6 Å². The smallest absolute Gasteiger partial charge is 0.303 e. The summed E-state index contributed by atoms with van der Waals surface area (Å²) in [6.07, 6.45) is 0.0389. The quantitative estimate of drug-likeness (QED) is 0.921. The number of rotatable bonds is 3. The maximum Gasteiger partial charge on any atom is 0.303 e. The number of nitrogens with zero attached hydrogens (tertiary/aromatic N) is 1. The Labute approximate surface area is 109 Å². The Hall–Kier alpha value is -2.17. The average Bonchev–Trinajstić information content (AvgIpc) is 2.35. The van der Waals surface area contributed by atoms with Crippen LogP contribution >= 0.6 is 0 Å². The minimum atomic E-state index is -0.958. The third-order valence-corrected chi connectivity index (χ3v) is 3.37. The number of carboxylic acids is 1. The lowest BCUT2D eigenvalue weighted by atomic mass is 10.0. The maximum absolute atomic E-state index is 13.8. The molecule has 19 heavy (non-hydrogen) atoms. The molecule has 1 N–H and O–H groups in total. The van der Waals surface area contributed by atoms with E-state index in [4.69, 9.17) is 5.11 Å². The Bertz CT molecular complexity index is 719. The number of aryl methyl sites for hydroxylation is 1. The molecule has 1 heterocycles. The van der Waals surface area contributed by atoms with Crippen LogP contribution < -0.4 is 5.43 Å². The second-order valence-corrected chi connectivity index (χ2v) is 4.48. The molecule has 4 nitrogen and oxygen atoms in total. The molecule has 0 aliphatic heterocycles. The zero-order valence-electron chi connectivity index (χ0n) is 10.7. The van der Waals surface area contributed by atoms with Crippen LogP contribution in [0.4, 0.5) is 4.39 Å². The van der Waals surface area contributed by atoms with Gasteiger partial charge in [0.15, 0.2) is 5.43 Å². The van der Waals surface area contributed by atoms with E-state index in [1.165, 1.54) is 12.1 Å². The largest absolute Gasteiger partial charge is 0.481 e. The van der Waals surface area contributed by atoms with E-state index in [2.05, 4.69) is 0 Å². The highest BCUT2D eigenvalue weighted by molar-refractivity contribution is 5.81. The number of hydrogen-bond acceptors (Lipinski definition) is 2. The van der Waals surface area contributed by atoms with Crippen LogP contribution in [0.2, 0.25) is 0 Å². The molecule has 0 spiro atoms. The topological polar surface area (TPSA) is 59.3 Å². The van der Waals surface area contributed by atoms with Crippen LogP contribution in [0.3, 0.4) is 0 Å². The normalized spacial score (nSPS) is 10.9. The van der Waals surface area contributed by atoms with Gasteiger partial charge in [-0.1, -0.05) is 6.07 Å². The molecular weight excluding hydrogens is 249 g/mol. The van der Waals surface area contributed by atoms with Crippen LogP contribution in [0, 0.1) is 12.7 Å². The summed E-state index contributed by atoms with van der Waals surface area (Å²) >= 11 is 0. The fraction of sp³-hybridized carbons (Fsp3) is 0.286. The lowest BCUT2D eigenvalue weighted by Gasteiger charge is -2.14. The van der Waals surface area contributed by atoms with Crippen LogP contribution in [0.25, 0.3) is 10.9 Å². The van der Waals surface area contributed by atoms with Gasteiger partial charge in [0, 0.05) is 30.1 Å². The van der Waals surface area contributed by atoms with Gasteiger partial charge in [-0.3, -0.25) is 9.59 Å².